The van der Waals surface area contributed by atoms with E-state index in [4.69, 9.17) is 4.74 Å². The molecule has 3 rings (SSSR count). The minimum absolute atomic E-state index is 0.0334. The summed E-state index contributed by atoms with van der Waals surface area (Å²) in [6.45, 7) is 4.55. The predicted molar refractivity (Wildman–Crippen MR) is 119 cm³/mol. The van der Waals surface area contributed by atoms with Gasteiger partial charge in [-0.15, -0.1) is 0 Å². The Morgan fingerprint density at radius 2 is 1.83 bits per heavy atom. The number of nitrogens with zero attached hydrogens (tertiary/aromatic N) is 5. The van der Waals surface area contributed by atoms with Gasteiger partial charge in [0.05, 0.1) is 31.2 Å². The molecule has 9 nitrogen and oxygen atoms in total. The lowest BCUT2D eigenvalue weighted by molar-refractivity contribution is -0.138. The van der Waals surface area contributed by atoms with Crippen LogP contribution in [-0.2, 0) is 14.3 Å². The maximum absolute atomic E-state index is 12.7. The Morgan fingerprint density at radius 3 is 2.47 bits per heavy atom. The third kappa shape index (κ3) is 6.21. The van der Waals surface area contributed by atoms with Crippen molar-refractivity contribution < 1.29 is 14.3 Å². The third-order valence-electron chi connectivity index (χ3n) is 5.51. The topological polar surface area (TPSA) is 90.9 Å². The fourth-order valence-corrected chi connectivity index (χ4v) is 4.65. The lowest BCUT2D eigenvalue weighted by atomic mass is 9.95. The normalized spacial score (nSPS) is 17.7. The molecule has 1 aromatic rings. The summed E-state index contributed by atoms with van der Waals surface area (Å²) in [5.74, 6) is 2.86. The highest BCUT2D eigenvalue weighted by Crippen LogP contribution is 2.24. The first kappa shape index (κ1) is 22.6. The Balaban J connectivity index is 1.44. The van der Waals surface area contributed by atoms with Crippen molar-refractivity contribution in [1.82, 2.24) is 20.2 Å². The second-order valence-corrected chi connectivity index (χ2v) is 8.86. The molecule has 0 saturated carbocycles. The molecule has 2 fully saturated rings. The number of carbonyl (C=O) groups is 2. The minimum Gasteiger partial charge on any atom is -0.383 e. The van der Waals surface area contributed by atoms with Crippen LogP contribution in [0.2, 0.25) is 0 Å². The molecule has 0 aromatic carbocycles. The Kier molecular flexibility index (Phi) is 8.56. The number of anilines is 2. The first-order valence-electron chi connectivity index (χ1n) is 10.5. The molecule has 10 heteroatoms. The number of methoxy groups -OCH3 is 1. The molecule has 3 heterocycles. The molecule has 30 heavy (non-hydrogen) atoms. The lowest BCUT2D eigenvalue weighted by Crippen LogP contribution is -2.45. The van der Waals surface area contributed by atoms with Crippen molar-refractivity contribution in [3.63, 3.8) is 0 Å². The van der Waals surface area contributed by atoms with Crippen LogP contribution < -0.4 is 15.1 Å². The first-order valence-corrected chi connectivity index (χ1v) is 11.6. The summed E-state index contributed by atoms with van der Waals surface area (Å²) < 4.78 is 4.91. The summed E-state index contributed by atoms with van der Waals surface area (Å²) >= 11 is 1.97. The summed E-state index contributed by atoms with van der Waals surface area (Å²) in [5.41, 5.74) is 1.00. The van der Waals surface area contributed by atoms with Crippen LogP contribution in [0, 0.1) is 5.92 Å². The third-order valence-corrected chi connectivity index (χ3v) is 6.46. The number of hydrogen-bond donors (Lipinski definition) is 1. The molecule has 1 N–H and O–H groups in total. The Bertz CT molecular complexity index is 690. The van der Waals surface area contributed by atoms with Gasteiger partial charge in [-0.3, -0.25) is 9.59 Å². The molecule has 1 aromatic heterocycles. The van der Waals surface area contributed by atoms with Gasteiger partial charge in [-0.1, -0.05) is 0 Å². The van der Waals surface area contributed by atoms with E-state index in [1.54, 1.807) is 14.2 Å². The van der Waals surface area contributed by atoms with Crippen molar-refractivity contribution in [2.45, 2.75) is 12.8 Å². The number of carbonyl (C=O) groups excluding carboxylic acids is 2. The predicted octanol–water partition coefficient (Wildman–Crippen LogP) is 0.467. The molecule has 0 atom stereocenters. The number of hydrogen-bond acceptors (Lipinski definition) is 8. The fraction of sp³-hybridized carbons (Fsp3) is 0.700. The first-order chi connectivity index (χ1) is 14.6. The Morgan fingerprint density at radius 1 is 1.17 bits per heavy atom. The van der Waals surface area contributed by atoms with E-state index in [-0.39, 0.29) is 24.3 Å². The molecular formula is C20H32N6O3S. The summed E-state index contributed by atoms with van der Waals surface area (Å²) in [7, 11) is 3.28. The highest BCUT2D eigenvalue weighted by atomic mass is 32.2. The second-order valence-electron chi connectivity index (χ2n) is 7.64. The number of amides is 2. The molecule has 0 aliphatic carbocycles. The minimum atomic E-state index is -0.162. The number of likely N-dealkylation sites (N-methyl/N-ethyl adjacent to an activating group) is 1. The molecule has 166 valence electrons. The molecule has 0 unspecified atom stereocenters. The van der Waals surface area contributed by atoms with Crippen molar-refractivity contribution >= 4 is 35.2 Å². The van der Waals surface area contributed by atoms with Crippen molar-refractivity contribution in [3.8, 4) is 0 Å². The number of ether oxygens (including phenoxy) is 1. The standard InChI is InChI=1S/C20H32N6O3S/c1-24(15-18(27)21-5-10-29-2)19(28)16-3-6-25(7-4-16)17-13-22-20(23-14-17)26-8-11-30-12-9-26/h13-14,16H,3-12,15H2,1-2H3,(H,21,27). The van der Waals surface area contributed by atoms with Gasteiger partial charge in [0.25, 0.3) is 0 Å². The molecule has 0 radical (unpaired) electrons. The number of rotatable bonds is 8. The van der Waals surface area contributed by atoms with Crippen LogP contribution in [0.5, 0.6) is 0 Å². The number of thioether (sulfide) groups is 1. The van der Waals surface area contributed by atoms with E-state index in [9.17, 15) is 9.59 Å². The molecule has 0 bridgehead atoms. The van der Waals surface area contributed by atoms with Crippen LogP contribution in [0.4, 0.5) is 11.6 Å². The van der Waals surface area contributed by atoms with E-state index >= 15 is 0 Å². The summed E-state index contributed by atoms with van der Waals surface area (Å²) in [4.78, 5) is 39.7. The van der Waals surface area contributed by atoms with Crippen molar-refractivity contribution in [3.05, 3.63) is 12.4 Å². The largest absolute Gasteiger partial charge is 0.383 e. The van der Waals surface area contributed by atoms with E-state index < -0.39 is 0 Å². The Hall–Kier alpha value is -2.07. The van der Waals surface area contributed by atoms with Crippen molar-refractivity contribution in [2.24, 2.45) is 5.92 Å². The fourth-order valence-electron chi connectivity index (χ4n) is 3.74. The van der Waals surface area contributed by atoms with Crippen molar-refractivity contribution in [2.75, 3.05) is 81.3 Å². The van der Waals surface area contributed by atoms with E-state index in [0.29, 0.717) is 13.2 Å². The van der Waals surface area contributed by atoms with E-state index in [1.807, 2.05) is 24.2 Å². The zero-order valence-electron chi connectivity index (χ0n) is 17.9. The second kappa shape index (κ2) is 11.4. The van der Waals surface area contributed by atoms with Crippen LogP contribution in [0.1, 0.15) is 12.8 Å². The SMILES string of the molecule is COCCNC(=O)CN(C)C(=O)C1CCN(c2cnc(N3CCSCC3)nc2)CC1. The highest BCUT2D eigenvalue weighted by Gasteiger charge is 2.28. The van der Waals surface area contributed by atoms with Gasteiger partial charge in [0.2, 0.25) is 17.8 Å². The average Bonchev–Trinajstić information content (AvgIpc) is 2.79. The van der Waals surface area contributed by atoms with Gasteiger partial charge in [-0.05, 0) is 12.8 Å². The summed E-state index contributed by atoms with van der Waals surface area (Å²) in [6.07, 6.45) is 5.31. The van der Waals surface area contributed by atoms with Crippen molar-refractivity contribution in [1.29, 1.82) is 0 Å². The smallest absolute Gasteiger partial charge is 0.239 e. The molecule has 2 saturated heterocycles. The van der Waals surface area contributed by atoms with Gasteiger partial charge in [0.15, 0.2) is 0 Å². The van der Waals surface area contributed by atoms with Crippen LogP contribution >= 0.6 is 11.8 Å². The molecule has 2 aliphatic heterocycles. The van der Waals surface area contributed by atoms with Crippen LogP contribution in [0.25, 0.3) is 0 Å². The van der Waals surface area contributed by atoms with Gasteiger partial charge in [0.1, 0.15) is 0 Å². The Labute approximate surface area is 182 Å². The van der Waals surface area contributed by atoms with Gasteiger partial charge < -0.3 is 24.8 Å². The lowest BCUT2D eigenvalue weighted by Gasteiger charge is -2.34. The van der Waals surface area contributed by atoms with Gasteiger partial charge in [0, 0.05) is 64.3 Å². The van der Waals surface area contributed by atoms with Gasteiger partial charge >= 0.3 is 0 Å². The molecule has 0 spiro atoms. The monoisotopic (exact) mass is 436 g/mol. The number of piperidine rings is 1. The maximum Gasteiger partial charge on any atom is 0.239 e. The summed E-state index contributed by atoms with van der Waals surface area (Å²) in [6, 6.07) is 0. The van der Waals surface area contributed by atoms with E-state index in [2.05, 4.69) is 25.1 Å². The molecular weight excluding hydrogens is 404 g/mol. The average molecular weight is 437 g/mol. The zero-order valence-corrected chi connectivity index (χ0v) is 18.7. The van der Waals surface area contributed by atoms with Crippen LogP contribution in [0.3, 0.4) is 0 Å². The van der Waals surface area contributed by atoms with Crippen LogP contribution in [0.15, 0.2) is 12.4 Å². The highest BCUT2D eigenvalue weighted by molar-refractivity contribution is 7.99. The number of aromatic nitrogens is 2. The van der Waals surface area contributed by atoms with Crippen LogP contribution in [-0.4, -0.2) is 98.2 Å². The molecule has 2 aliphatic rings. The van der Waals surface area contributed by atoms with E-state index in [0.717, 1.165) is 62.2 Å². The quantitative estimate of drug-likeness (QED) is 0.588. The summed E-state index contributed by atoms with van der Waals surface area (Å²) in [5, 5.41) is 2.74. The van der Waals surface area contributed by atoms with Gasteiger partial charge in [-0.25, -0.2) is 9.97 Å². The van der Waals surface area contributed by atoms with Gasteiger partial charge in [-0.2, -0.15) is 11.8 Å². The van der Waals surface area contributed by atoms with E-state index in [1.165, 1.54) is 4.90 Å². The molecule has 2 amide bonds. The maximum atomic E-state index is 12.7. The zero-order chi connectivity index (χ0) is 21.3. The number of nitrogens with one attached hydrogen (secondary N) is 1.